The van der Waals surface area contributed by atoms with Crippen LogP contribution in [0.2, 0.25) is 0 Å². The molecule has 1 saturated heterocycles. The lowest BCUT2D eigenvalue weighted by Gasteiger charge is -2.23. The summed E-state index contributed by atoms with van der Waals surface area (Å²) in [5.74, 6) is -3.39. The standard InChI is InChI=1S/C21H29N5O7/c1-10(2)7-14(26-21(32)17-16(33-17)20(31)24-9-15(22)28)19(30)25-13(18(23)29)8-11-3-5-12(27)6-4-11/h3-6,10,13-14,16-17,27H,7-9H2,1-2H3,(H2,22,28)(H2,23,29)(H,24,31)(H,25,30)(H,26,32)/t13?,14-,16?,17?/m0/s1. The van der Waals surface area contributed by atoms with Crippen LogP contribution in [0.15, 0.2) is 24.3 Å². The normalized spacial score (nSPS) is 18.6. The molecule has 5 amide bonds. The number of carbonyl (C=O) groups is 5. The molecule has 0 radical (unpaired) electrons. The first-order valence-corrected chi connectivity index (χ1v) is 10.4. The predicted molar refractivity (Wildman–Crippen MR) is 115 cm³/mol. The lowest BCUT2D eigenvalue weighted by molar-refractivity contribution is -0.132. The molecule has 0 saturated carbocycles. The van der Waals surface area contributed by atoms with E-state index in [-0.39, 0.29) is 31.1 Å². The molecule has 0 bridgehead atoms. The van der Waals surface area contributed by atoms with Crippen molar-refractivity contribution in [1.82, 2.24) is 16.0 Å². The molecule has 12 heteroatoms. The molecule has 2 rings (SSSR count). The average molecular weight is 463 g/mol. The van der Waals surface area contributed by atoms with Crippen molar-refractivity contribution in [2.45, 2.75) is 51.0 Å². The molecule has 4 atom stereocenters. The Labute approximate surface area is 190 Å². The van der Waals surface area contributed by atoms with Crippen molar-refractivity contribution in [3.8, 4) is 5.75 Å². The number of aromatic hydroxyl groups is 1. The summed E-state index contributed by atoms with van der Waals surface area (Å²) in [7, 11) is 0. The van der Waals surface area contributed by atoms with Crippen LogP contribution >= 0.6 is 0 Å². The molecule has 12 nitrogen and oxygen atoms in total. The van der Waals surface area contributed by atoms with Gasteiger partial charge in [-0.15, -0.1) is 0 Å². The third kappa shape index (κ3) is 8.07. The summed E-state index contributed by atoms with van der Waals surface area (Å²) in [5.41, 5.74) is 11.1. The number of phenols is 1. The maximum Gasteiger partial charge on any atom is 0.253 e. The van der Waals surface area contributed by atoms with Gasteiger partial charge in [-0.2, -0.15) is 0 Å². The third-order valence-electron chi connectivity index (χ3n) is 4.82. The lowest BCUT2D eigenvalue weighted by Crippen LogP contribution is -2.54. The van der Waals surface area contributed by atoms with E-state index in [9.17, 15) is 29.1 Å². The monoisotopic (exact) mass is 463 g/mol. The molecule has 0 spiro atoms. The minimum absolute atomic E-state index is 0.0139. The first kappa shape index (κ1) is 25.6. The van der Waals surface area contributed by atoms with E-state index in [0.717, 1.165) is 0 Å². The fourth-order valence-corrected chi connectivity index (χ4v) is 3.11. The molecule has 0 aromatic heterocycles. The van der Waals surface area contributed by atoms with Gasteiger partial charge in [0.05, 0.1) is 6.54 Å². The Kier molecular flexibility index (Phi) is 8.74. The van der Waals surface area contributed by atoms with Crippen LogP contribution in [0.3, 0.4) is 0 Å². The van der Waals surface area contributed by atoms with Gasteiger partial charge in [-0.3, -0.25) is 24.0 Å². The Balaban J connectivity index is 1.99. The van der Waals surface area contributed by atoms with Crippen molar-refractivity contribution in [2.24, 2.45) is 17.4 Å². The molecule has 8 N–H and O–H groups in total. The summed E-state index contributed by atoms with van der Waals surface area (Å²) < 4.78 is 5.06. The average Bonchev–Trinajstić information content (AvgIpc) is 3.53. The van der Waals surface area contributed by atoms with Gasteiger partial charge in [0.1, 0.15) is 17.8 Å². The van der Waals surface area contributed by atoms with Crippen LogP contribution in [0.4, 0.5) is 0 Å². The molecule has 1 aliphatic rings. The van der Waals surface area contributed by atoms with Crippen molar-refractivity contribution in [3.05, 3.63) is 29.8 Å². The van der Waals surface area contributed by atoms with Gasteiger partial charge in [0.15, 0.2) is 12.2 Å². The number of epoxide rings is 1. The number of nitrogens with two attached hydrogens (primary N) is 2. The van der Waals surface area contributed by atoms with Gasteiger partial charge in [0, 0.05) is 6.42 Å². The molecular formula is C21H29N5O7. The maximum absolute atomic E-state index is 12.9. The Bertz CT molecular complexity index is 903. The van der Waals surface area contributed by atoms with E-state index in [4.69, 9.17) is 16.2 Å². The second kappa shape index (κ2) is 11.3. The number of hydrogen-bond acceptors (Lipinski definition) is 7. The Morgan fingerprint density at radius 3 is 2.12 bits per heavy atom. The van der Waals surface area contributed by atoms with Crippen LogP contribution in [-0.2, 0) is 35.1 Å². The molecule has 1 fully saturated rings. The SMILES string of the molecule is CC(C)C[C@H](NC(=O)C1OC1C(=O)NCC(N)=O)C(=O)NC(Cc1ccc(O)cc1)C(N)=O. The number of ether oxygens (including phenoxy) is 1. The van der Waals surface area contributed by atoms with Crippen LogP contribution < -0.4 is 27.4 Å². The summed E-state index contributed by atoms with van der Waals surface area (Å²) in [6.07, 6.45) is -1.84. The molecule has 33 heavy (non-hydrogen) atoms. The largest absolute Gasteiger partial charge is 0.508 e. The van der Waals surface area contributed by atoms with Crippen LogP contribution in [0.5, 0.6) is 5.75 Å². The number of nitrogens with one attached hydrogen (secondary N) is 3. The van der Waals surface area contributed by atoms with Crippen molar-refractivity contribution in [3.63, 3.8) is 0 Å². The zero-order valence-corrected chi connectivity index (χ0v) is 18.4. The highest BCUT2D eigenvalue weighted by molar-refractivity contribution is 5.98. The summed E-state index contributed by atoms with van der Waals surface area (Å²) in [5, 5.41) is 16.7. The number of carbonyl (C=O) groups excluding carboxylic acids is 5. The number of rotatable bonds is 12. The summed E-state index contributed by atoms with van der Waals surface area (Å²) in [4.78, 5) is 59.9. The van der Waals surface area contributed by atoms with Crippen molar-refractivity contribution < 1.29 is 33.8 Å². The molecule has 180 valence electrons. The van der Waals surface area contributed by atoms with Crippen molar-refractivity contribution in [1.29, 1.82) is 0 Å². The van der Waals surface area contributed by atoms with Crippen LogP contribution in [0.1, 0.15) is 25.8 Å². The van der Waals surface area contributed by atoms with E-state index in [1.165, 1.54) is 12.1 Å². The molecule has 1 aromatic carbocycles. The zero-order chi connectivity index (χ0) is 24.7. The Morgan fingerprint density at radius 2 is 1.58 bits per heavy atom. The molecule has 1 heterocycles. The van der Waals surface area contributed by atoms with E-state index in [2.05, 4.69) is 16.0 Å². The van der Waals surface area contributed by atoms with E-state index < -0.39 is 53.8 Å². The predicted octanol–water partition coefficient (Wildman–Crippen LogP) is -2.20. The van der Waals surface area contributed by atoms with Gasteiger partial charge in [-0.1, -0.05) is 26.0 Å². The maximum atomic E-state index is 12.9. The number of amides is 5. The van der Waals surface area contributed by atoms with Gasteiger partial charge in [-0.25, -0.2) is 0 Å². The second-order valence-electron chi connectivity index (χ2n) is 8.19. The fourth-order valence-electron chi connectivity index (χ4n) is 3.11. The van der Waals surface area contributed by atoms with Crippen LogP contribution in [0, 0.1) is 5.92 Å². The first-order valence-electron chi connectivity index (χ1n) is 10.4. The van der Waals surface area contributed by atoms with Gasteiger partial charge in [-0.05, 0) is 30.0 Å². The van der Waals surface area contributed by atoms with Crippen LogP contribution in [-0.4, -0.2) is 65.5 Å². The molecule has 3 unspecified atom stereocenters. The van der Waals surface area contributed by atoms with Gasteiger partial charge in [0.2, 0.25) is 17.7 Å². The first-order chi connectivity index (χ1) is 15.5. The number of benzene rings is 1. The van der Waals surface area contributed by atoms with Crippen molar-refractivity contribution in [2.75, 3.05) is 6.54 Å². The van der Waals surface area contributed by atoms with Gasteiger partial charge >= 0.3 is 0 Å². The lowest BCUT2D eigenvalue weighted by atomic mass is 10.0. The highest BCUT2D eigenvalue weighted by Gasteiger charge is 2.51. The second-order valence-corrected chi connectivity index (χ2v) is 8.19. The van der Waals surface area contributed by atoms with Crippen LogP contribution in [0.25, 0.3) is 0 Å². The smallest absolute Gasteiger partial charge is 0.253 e. The van der Waals surface area contributed by atoms with Crippen molar-refractivity contribution >= 4 is 29.5 Å². The highest BCUT2D eigenvalue weighted by Crippen LogP contribution is 2.23. The minimum atomic E-state index is -1.11. The highest BCUT2D eigenvalue weighted by atomic mass is 16.6. The minimum Gasteiger partial charge on any atom is -0.508 e. The summed E-state index contributed by atoms with van der Waals surface area (Å²) in [6.45, 7) is 3.31. The zero-order valence-electron chi connectivity index (χ0n) is 18.4. The Morgan fingerprint density at radius 1 is 0.970 bits per heavy atom. The molecule has 1 aromatic rings. The Hall–Kier alpha value is -3.67. The summed E-state index contributed by atoms with van der Waals surface area (Å²) in [6, 6.07) is 4.04. The van der Waals surface area contributed by atoms with E-state index in [0.29, 0.717) is 5.56 Å². The van der Waals surface area contributed by atoms with E-state index >= 15 is 0 Å². The van der Waals surface area contributed by atoms with Gasteiger partial charge < -0.3 is 37.3 Å². The quantitative estimate of drug-likeness (QED) is 0.188. The fraction of sp³-hybridized carbons (Fsp3) is 0.476. The van der Waals surface area contributed by atoms with E-state index in [1.54, 1.807) is 12.1 Å². The molecule has 0 aliphatic carbocycles. The number of primary amides is 2. The number of hydrogen-bond donors (Lipinski definition) is 6. The molecule has 1 aliphatic heterocycles. The summed E-state index contributed by atoms with van der Waals surface area (Å²) >= 11 is 0. The van der Waals surface area contributed by atoms with Gasteiger partial charge in [0.25, 0.3) is 11.8 Å². The topological polar surface area (TPSA) is 206 Å². The molecular weight excluding hydrogens is 434 g/mol. The number of phenolic OH excluding ortho intramolecular Hbond substituents is 1. The third-order valence-corrected chi connectivity index (χ3v) is 4.82. The van der Waals surface area contributed by atoms with E-state index in [1.807, 2.05) is 13.8 Å².